The van der Waals surface area contributed by atoms with Crippen LogP contribution in [0.4, 0.5) is 0 Å². The summed E-state index contributed by atoms with van der Waals surface area (Å²) in [5.41, 5.74) is 5.29. The number of ether oxygens (including phenoxy) is 2. The summed E-state index contributed by atoms with van der Waals surface area (Å²) in [4.78, 5) is 21.6. The number of phosphoric ester groups is 1. The molecule has 0 heterocycles. The highest BCUT2D eigenvalue weighted by Crippen LogP contribution is 2.43. The van der Waals surface area contributed by atoms with Crippen LogP contribution < -0.4 is 5.73 Å². The first-order valence-electron chi connectivity index (χ1n) is 18.5. The molecule has 0 spiro atoms. The molecule has 3 N–H and O–H groups in total. The van der Waals surface area contributed by atoms with E-state index in [4.69, 9.17) is 24.3 Å². The SMILES string of the molecule is CCCCCCC/C=C\C/C=C\C/C=C\CCCCCCCCCCCCCOCC(COP(=O)(O)OCCN)OC(=O)CCC. The van der Waals surface area contributed by atoms with Crippen molar-refractivity contribution in [3.63, 3.8) is 0 Å². The molecule has 0 fully saturated rings. The second-order valence-corrected chi connectivity index (χ2v) is 13.5. The van der Waals surface area contributed by atoms with Crippen molar-refractivity contribution >= 4 is 13.8 Å². The number of hydrogen-bond donors (Lipinski definition) is 2. The lowest BCUT2D eigenvalue weighted by Crippen LogP contribution is -2.28. The van der Waals surface area contributed by atoms with Crippen LogP contribution in [-0.2, 0) is 27.9 Å². The average Bonchev–Trinajstić information content (AvgIpc) is 3.04. The Hall–Kier alpha value is -1.28. The van der Waals surface area contributed by atoms with Crippen LogP contribution in [0.2, 0.25) is 0 Å². The monoisotopic (exact) mass is 671 g/mol. The molecule has 270 valence electrons. The summed E-state index contributed by atoms with van der Waals surface area (Å²) >= 11 is 0. The normalized spacial score (nSPS) is 14.1. The lowest BCUT2D eigenvalue weighted by Gasteiger charge is -2.19. The Morgan fingerprint density at radius 1 is 0.652 bits per heavy atom. The van der Waals surface area contributed by atoms with Gasteiger partial charge in [0.25, 0.3) is 0 Å². The van der Waals surface area contributed by atoms with E-state index in [2.05, 4.69) is 43.4 Å². The lowest BCUT2D eigenvalue weighted by atomic mass is 10.1. The number of allylic oxidation sites excluding steroid dienone is 6. The number of hydrogen-bond acceptors (Lipinski definition) is 7. The van der Waals surface area contributed by atoms with E-state index in [1.807, 2.05) is 6.92 Å². The van der Waals surface area contributed by atoms with E-state index >= 15 is 0 Å². The number of carbonyl (C=O) groups excluding carboxylic acids is 1. The van der Waals surface area contributed by atoms with Gasteiger partial charge in [0.1, 0.15) is 6.10 Å². The van der Waals surface area contributed by atoms with Crippen molar-refractivity contribution in [2.75, 3.05) is 33.0 Å². The molecule has 0 amide bonds. The average molecular weight is 672 g/mol. The third-order valence-corrected chi connectivity index (χ3v) is 8.51. The molecule has 0 saturated carbocycles. The molecular weight excluding hydrogens is 601 g/mol. The topological polar surface area (TPSA) is 117 Å². The summed E-state index contributed by atoms with van der Waals surface area (Å²) in [7, 11) is -4.24. The van der Waals surface area contributed by atoms with Crippen LogP contribution in [0.1, 0.15) is 155 Å². The van der Waals surface area contributed by atoms with E-state index in [-0.39, 0.29) is 38.8 Å². The van der Waals surface area contributed by atoms with E-state index in [0.717, 1.165) is 25.7 Å². The van der Waals surface area contributed by atoms with E-state index in [9.17, 15) is 14.3 Å². The number of unbranched alkanes of at least 4 members (excludes halogenated alkanes) is 16. The van der Waals surface area contributed by atoms with Crippen molar-refractivity contribution in [1.29, 1.82) is 0 Å². The van der Waals surface area contributed by atoms with Gasteiger partial charge in [0.05, 0.1) is 19.8 Å². The fourth-order valence-corrected chi connectivity index (χ4v) is 5.63. The standard InChI is InChI=1S/C37H70NO7P/c1-3-5-6-7-8-9-10-11-12-13-14-15-16-17-18-19-20-21-22-23-24-25-26-27-28-29-32-42-34-36(45-37(39)30-4-2)35-44-46(40,41)43-33-31-38/h10-11,13-14,16-17,36H,3-9,12,15,18-35,38H2,1-2H3,(H,40,41)/b11-10-,14-13-,17-16-. The molecule has 0 aliphatic rings. The Bertz CT molecular complexity index is 803. The van der Waals surface area contributed by atoms with Gasteiger partial charge in [-0.15, -0.1) is 0 Å². The smallest absolute Gasteiger partial charge is 0.457 e. The third-order valence-electron chi connectivity index (χ3n) is 7.53. The number of nitrogens with two attached hydrogens (primary N) is 1. The highest BCUT2D eigenvalue weighted by Gasteiger charge is 2.25. The molecule has 0 aliphatic carbocycles. The van der Waals surface area contributed by atoms with E-state index in [1.165, 1.54) is 103 Å². The maximum absolute atomic E-state index is 11.9. The van der Waals surface area contributed by atoms with Gasteiger partial charge in [-0.25, -0.2) is 4.57 Å². The van der Waals surface area contributed by atoms with Crippen molar-refractivity contribution in [3.05, 3.63) is 36.5 Å². The molecule has 46 heavy (non-hydrogen) atoms. The highest BCUT2D eigenvalue weighted by molar-refractivity contribution is 7.47. The van der Waals surface area contributed by atoms with Gasteiger partial charge in [-0.3, -0.25) is 13.8 Å². The predicted molar refractivity (Wildman–Crippen MR) is 192 cm³/mol. The van der Waals surface area contributed by atoms with Gasteiger partial charge in [-0.1, -0.05) is 134 Å². The molecule has 2 atom stereocenters. The summed E-state index contributed by atoms with van der Waals surface area (Å²) in [6.45, 7) is 4.52. The maximum Gasteiger partial charge on any atom is 0.472 e. The molecule has 0 aromatic carbocycles. The van der Waals surface area contributed by atoms with Crippen molar-refractivity contribution in [2.45, 2.75) is 161 Å². The quantitative estimate of drug-likeness (QED) is 0.0296. The molecule has 9 heteroatoms. The summed E-state index contributed by atoms with van der Waals surface area (Å²) in [5.74, 6) is -0.385. The number of rotatable bonds is 35. The maximum atomic E-state index is 11.9. The minimum Gasteiger partial charge on any atom is -0.457 e. The van der Waals surface area contributed by atoms with E-state index in [1.54, 1.807) is 0 Å². The van der Waals surface area contributed by atoms with Gasteiger partial charge in [-0.2, -0.15) is 0 Å². The Balaban J connectivity index is 3.63. The zero-order chi connectivity index (χ0) is 33.8. The largest absolute Gasteiger partial charge is 0.472 e. The Morgan fingerprint density at radius 2 is 1.15 bits per heavy atom. The molecule has 0 aliphatic heterocycles. The summed E-state index contributed by atoms with van der Waals surface area (Å²) < 4.78 is 32.6. The Kier molecular flexibility index (Phi) is 34.1. The van der Waals surface area contributed by atoms with Gasteiger partial charge in [0, 0.05) is 19.6 Å². The number of esters is 1. The van der Waals surface area contributed by atoms with Crippen LogP contribution in [0.15, 0.2) is 36.5 Å². The van der Waals surface area contributed by atoms with Gasteiger partial charge in [0.15, 0.2) is 0 Å². The molecule has 0 rings (SSSR count). The van der Waals surface area contributed by atoms with Gasteiger partial charge >= 0.3 is 13.8 Å². The van der Waals surface area contributed by atoms with Crippen LogP contribution in [0.3, 0.4) is 0 Å². The van der Waals surface area contributed by atoms with Crippen LogP contribution in [-0.4, -0.2) is 49.9 Å². The molecule has 0 saturated heterocycles. The summed E-state index contributed by atoms with van der Waals surface area (Å²) in [6.07, 6.45) is 39.0. The second-order valence-electron chi connectivity index (χ2n) is 12.1. The fourth-order valence-electron chi connectivity index (χ4n) is 4.86. The zero-order valence-electron chi connectivity index (χ0n) is 29.6. The minimum absolute atomic E-state index is 0.0978. The summed E-state index contributed by atoms with van der Waals surface area (Å²) in [6, 6.07) is 0. The van der Waals surface area contributed by atoms with Gasteiger partial charge in [-0.05, 0) is 51.4 Å². The summed E-state index contributed by atoms with van der Waals surface area (Å²) in [5, 5.41) is 0. The highest BCUT2D eigenvalue weighted by atomic mass is 31.2. The second kappa shape index (κ2) is 35.0. The lowest BCUT2D eigenvalue weighted by molar-refractivity contribution is -0.154. The first-order chi connectivity index (χ1) is 22.4. The van der Waals surface area contributed by atoms with Crippen LogP contribution in [0.5, 0.6) is 0 Å². The molecule has 0 aromatic rings. The van der Waals surface area contributed by atoms with Crippen molar-refractivity contribution < 1.29 is 32.8 Å². The van der Waals surface area contributed by atoms with Gasteiger partial charge < -0.3 is 20.1 Å². The number of carbonyl (C=O) groups is 1. The Labute approximate surface area is 282 Å². The third kappa shape index (κ3) is 34.1. The van der Waals surface area contributed by atoms with Crippen molar-refractivity contribution in [2.24, 2.45) is 5.73 Å². The number of phosphoric acid groups is 1. The van der Waals surface area contributed by atoms with Crippen molar-refractivity contribution in [3.8, 4) is 0 Å². The Morgan fingerprint density at radius 3 is 1.67 bits per heavy atom. The van der Waals surface area contributed by atoms with Crippen LogP contribution in [0, 0.1) is 0 Å². The van der Waals surface area contributed by atoms with E-state index in [0.29, 0.717) is 13.0 Å². The predicted octanol–water partition coefficient (Wildman–Crippen LogP) is 10.3. The molecule has 0 aromatic heterocycles. The molecular formula is C37H70NO7P. The molecule has 8 nitrogen and oxygen atoms in total. The van der Waals surface area contributed by atoms with Crippen LogP contribution in [0.25, 0.3) is 0 Å². The first kappa shape index (κ1) is 44.7. The molecule has 0 bridgehead atoms. The van der Waals surface area contributed by atoms with Gasteiger partial charge in [0.2, 0.25) is 0 Å². The molecule has 2 unspecified atom stereocenters. The van der Waals surface area contributed by atoms with Crippen molar-refractivity contribution in [1.82, 2.24) is 0 Å². The van der Waals surface area contributed by atoms with E-state index < -0.39 is 13.9 Å². The minimum atomic E-state index is -4.24. The first-order valence-corrected chi connectivity index (χ1v) is 20.0. The fraction of sp³-hybridized carbons (Fsp3) is 0.811. The van der Waals surface area contributed by atoms with Crippen LogP contribution >= 0.6 is 7.82 Å². The molecule has 0 radical (unpaired) electrons. The zero-order valence-corrected chi connectivity index (χ0v) is 30.4.